The Kier molecular flexibility index (Phi) is 1.79. The van der Waals surface area contributed by atoms with Crippen molar-refractivity contribution in [2.75, 3.05) is 5.32 Å². The molecular weight excluding hydrogens is 162 g/mol. The standard InChI is InChI=1S/C10H13N3/c1-6-4-9-5-11-8(3)13-10(9)7(2)12-6/h4H,5H2,1-3H3,(H,11,13). The fourth-order valence-electron chi connectivity index (χ4n) is 1.63. The molecule has 0 bridgehead atoms. The van der Waals surface area contributed by atoms with E-state index in [0.717, 1.165) is 29.5 Å². The van der Waals surface area contributed by atoms with Crippen LogP contribution >= 0.6 is 0 Å². The lowest BCUT2D eigenvalue weighted by Gasteiger charge is -2.18. The van der Waals surface area contributed by atoms with Crippen LogP contribution in [0.5, 0.6) is 0 Å². The zero-order valence-electron chi connectivity index (χ0n) is 8.18. The average Bonchev–Trinajstić information content (AvgIpc) is 2.06. The molecule has 0 spiro atoms. The maximum atomic E-state index is 4.40. The second-order valence-electron chi connectivity index (χ2n) is 3.41. The summed E-state index contributed by atoms with van der Waals surface area (Å²) >= 11 is 0. The maximum Gasteiger partial charge on any atom is 0.0980 e. The first kappa shape index (κ1) is 8.23. The summed E-state index contributed by atoms with van der Waals surface area (Å²) in [5, 5.41) is 3.24. The van der Waals surface area contributed by atoms with Crippen LogP contribution in [0, 0.1) is 13.8 Å². The molecule has 0 aliphatic carbocycles. The highest BCUT2D eigenvalue weighted by atomic mass is 15.0. The third-order valence-electron chi connectivity index (χ3n) is 2.20. The summed E-state index contributed by atoms with van der Waals surface area (Å²) in [6, 6.07) is 2.09. The van der Waals surface area contributed by atoms with Crippen molar-refractivity contribution in [3.63, 3.8) is 0 Å². The number of aryl methyl sites for hydroxylation is 2. The van der Waals surface area contributed by atoms with Crippen LogP contribution in [-0.4, -0.2) is 10.8 Å². The van der Waals surface area contributed by atoms with Gasteiger partial charge in [-0.2, -0.15) is 0 Å². The highest BCUT2D eigenvalue weighted by Crippen LogP contribution is 2.23. The fourth-order valence-corrected chi connectivity index (χ4v) is 1.63. The van der Waals surface area contributed by atoms with Crippen molar-refractivity contribution in [1.82, 2.24) is 4.98 Å². The van der Waals surface area contributed by atoms with Gasteiger partial charge in [0.25, 0.3) is 0 Å². The van der Waals surface area contributed by atoms with E-state index in [-0.39, 0.29) is 0 Å². The van der Waals surface area contributed by atoms with E-state index in [9.17, 15) is 0 Å². The number of nitrogens with one attached hydrogen (secondary N) is 1. The number of rotatable bonds is 0. The first-order valence-corrected chi connectivity index (χ1v) is 4.42. The monoisotopic (exact) mass is 175 g/mol. The van der Waals surface area contributed by atoms with E-state index in [2.05, 4.69) is 21.4 Å². The molecular formula is C10H13N3. The number of anilines is 1. The Hall–Kier alpha value is -1.38. The summed E-state index contributed by atoms with van der Waals surface area (Å²) in [4.78, 5) is 8.74. The van der Waals surface area contributed by atoms with E-state index in [1.165, 1.54) is 5.56 Å². The molecule has 13 heavy (non-hydrogen) atoms. The number of nitrogens with zero attached hydrogens (tertiary/aromatic N) is 2. The summed E-state index contributed by atoms with van der Waals surface area (Å²) in [7, 11) is 0. The highest BCUT2D eigenvalue weighted by molar-refractivity contribution is 5.96. The van der Waals surface area contributed by atoms with Gasteiger partial charge < -0.3 is 5.32 Å². The normalized spacial score (nSPS) is 14.5. The molecule has 1 aliphatic heterocycles. The molecule has 2 heterocycles. The molecule has 0 unspecified atom stereocenters. The van der Waals surface area contributed by atoms with Crippen LogP contribution < -0.4 is 5.32 Å². The van der Waals surface area contributed by atoms with Crippen LogP contribution in [0.25, 0.3) is 0 Å². The number of aliphatic imine (C=N–C) groups is 1. The van der Waals surface area contributed by atoms with Crippen molar-refractivity contribution >= 4 is 11.5 Å². The number of aromatic nitrogens is 1. The molecule has 3 nitrogen and oxygen atoms in total. The SMILES string of the molecule is CC1=NCc2cc(C)nc(C)c2N1. The van der Waals surface area contributed by atoms with Gasteiger partial charge in [0.2, 0.25) is 0 Å². The topological polar surface area (TPSA) is 37.3 Å². The van der Waals surface area contributed by atoms with Crippen LogP contribution in [0.15, 0.2) is 11.1 Å². The van der Waals surface area contributed by atoms with Gasteiger partial charge in [0.15, 0.2) is 0 Å². The first-order valence-electron chi connectivity index (χ1n) is 4.42. The largest absolute Gasteiger partial charge is 0.343 e. The van der Waals surface area contributed by atoms with Gasteiger partial charge in [-0.05, 0) is 26.8 Å². The van der Waals surface area contributed by atoms with E-state index in [0.29, 0.717) is 0 Å². The van der Waals surface area contributed by atoms with Crippen molar-refractivity contribution in [3.8, 4) is 0 Å². The quantitative estimate of drug-likeness (QED) is 0.655. The van der Waals surface area contributed by atoms with Gasteiger partial charge in [0.05, 0.1) is 23.8 Å². The van der Waals surface area contributed by atoms with E-state index < -0.39 is 0 Å². The lowest BCUT2D eigenvalue weighted by Crippen LogP contribution is -2.16. The molecule has 0 fully saturated rings. The zero-order valence-corrected chi connectivity index (χ0v) is 8.18. The summed E-state index contributed by atoms with van der Waals surface area (Å²) in [5.41, 5.74) is 4.51. The third kappa shape index (κ3) is 1.41. The molecule has 0 saturated heterocycles. The lowest BCUT2D eigenvalue weighted by atomic mass is 10.1. The Balaban J connectivity index is 2.52. The van der Waals surface area contributed by atoms with Gasteiger partial charge in [-0.15, -0.1) is 0 Å². The zero-order chi connectivity index (χ0) is 9.42. The van der Waals surface area contributed by atoms with Gasteiger partial charge >= 0.3 is 0 Å². The summed E-state index contributed by atoms with van der Waals surface area (Å²) in [6.07, 6.45) is 0. The van der Waals surface area contributed by atoms with Crippen LogP contribution in [-0.2, 0) is 6.54 Å². The lowest BCUT2D eigenvalue weighted by molar-refractivity contribution is 0.999. The predicted octanol–water partition coefficient (Wildman–Crippen LogP) is 2.04. The van der Waals surface area contributed by atoms with Crippen molar-refractivity contribution in [2.24, 2.45) is 4.99 Å². The fraction of sp³-hybridized carbons (Fsp3) is 0.400. The molecule has 2 rings (SSSR count). The molecule has 0 radical (unpaired) electrons. The molecule has 1 aromatic rings. The van der Waals surface area contributed by atoms with E-state index in [1.54, 1.807) is 0 Å². The number of hydrogen-bond acceptors (Lipinski definition) is 3. The van der Waals surface area contributed by atoms with Crippen molar-refractivity contribution in [2.45, 2.75) is 27.3 Å². The smallest absolute Gasteiger partial charge is 0.0980 e. The number of pyridine rings is 1. The van der Waals surface area contributed by atoms with Crippen LogP contribution in [0.3, 0.4) is 0 Å². The summed E-state index contributed by atoms with van der Waals surface area (Å²) in [6.45, 7) is 6.79. The minimum Gasteiger partial charge on any atom is -0.343 e. The predicted molar refractivity (Wildman–Crippen MR) is 54.1 cm³/mol. The minimum atomic E-state index is 0.776. The Morgan fingerprint density at radius 3 is 2.85 bits per heavy atom. The highest BCUT2D eigenvalue weighted by Gasteiger charge is 2.12. The molecule has 3 heteroatoms. The summed E-state index contributed by atoms with van der Waals surface area (Å²) in [5.74, 6) is 0.973. The van der Waals surface area contributed by atoms with Crippen molar-refractivity contribution in [3.05, 3.63) is 23.0 Å². The Labute approximate surface area is 77.9 Å². The van der Waals surface area contributed by atoms with E-state index >= 15 is 0 Å². The van der Waals surface area contributed by atoms with Crippen molar-refractivity contribution in [1.29, 1.82) is 0 Å². The average molecular weight is 175 g/mol. The maximum absolute atomic E-state index is 4.40. The van der Waals surface area contributed by atoms with Gasteiger partial charge in [-0.1, -0.05) is 0 Å². The molecule has 68 valence electrons. The number of hydrogen-bond donors (Lipinski definition) is 1. The Bertz CT molecular complexity index is 380. The number of fused-ring (bicyclic) bond motifs is 1. The molecule has 1 aromatic heterocycles. The van der Waals surface area contributed by atoms with Crippen LogP contribution in [0.4, 0.5) is 5.69 Å². The molecule has 0 atom stereocenters. The number of amidine groups is 1. The molecule has 1 N–H and O–H groups in total. The van der Waals surface area contributed by atoms with Gasteiger partial charge in [0.1, 0.15) is 0 Å². The Morgan fingerprint density at radius 2 is 2.08 bits per heavy atom. The molecule has 1 aliphatic rings. The molecule has 0 aromatic carbocycles. The minimum absolute atomic E-state index is 0.776. The summed E-state index contributed by atoms with van der Waals surface area (Å²) < 4.78 is 0. The second-order valence-corrected chi connectivity index (χ2v) is 3.41. The van der Waals surface area contributed by atoms with Crippen LogP contribution in [0.1, 0.15) is 23.9 Å². The van der Waals surface area contributed by atoms with E-state index in [4.69, 9.17) is 0 Å². The molecule has 0 saturated carbocycles. The van der Waals surface area contributed by atoms with Crippen molar-refractivity contribution < 1.29 is 0 Å². The second kappa shape index (κ2) is 2.83. The third-order valence-corrected chi connectivity index (χ3v) is 2.20. The van der Waals surface area contributed by atoms with Crippen LogP contribution in [0.2, 0.25) is 0 Å². The van der Waals surface area contributed by atoms with E-state index in [1.807, 2.05) is 20.8 Å². The first-order chi connectivity index (χ1) is 6.16. The Morgan fingerprint density at radius 1 is 1.31 bits per heavy atom. The van der Waals surface area contributed by atoms with Gasteiger partial charge in [-0.25, -0.2) is 0 Å². The van der Waals surface area contributed by atoms with Gasteiger partial charge in [-0.3, -0.25) is 9.98 Å². The van der Waals surface area contributed by atoms with Gasteiger partial charge in [0, 0.05) is 11.3 Å². The molecule has 0 amide bonds.